The molecule has 10 heteroatoms. The molecule has 0 aliphatic rings. The molecule has 0 aromatic carbocycles. The van der Waals surface area contributed by atoms with E-state index in [1.54, 1.807) is 13.1 Å². The van der Waals surface area contributed by atoms with Gasteiger partial charge in [-0.1, -0.05) is 33.6 Å². The summed E-state index contributed by atoms with van der Waals surface area (Å²) in [6, 6.07) is 2.63. The van der Waals surface area contributed by atoms with Crippen molar-refractivity contribution in [1.29, 1.82) is 0 Å². The lowest BCUT2D eigenvalue weighted by Crippen LogP contribution is -2.13. The fourth-order valence-electron chi connectivity index (χ4n) is 2.68. The van der Waals surface area contributed by atoms with E-state index in [-0.39, 0.29) is 23.6 Å². The van der Waals surface area contributed by atoms with Crippen molar-refractivity contribution < 1.29 is 17.2 Å². The highest BCUT2D eigenvalue weighted by Gasteiger charge is 2.16. The van der Waals surface area contributed by atoms with Gasteiger partial charge < -0.3 is 5.32 Å². The molecule has 0 aliphatic heterocycles. The van der Waals surface area contributed by atoms with Gasteiger partial charge in [-0.25, -0.2) is 27.2 Å². The highest BCUT2D eigenvalue weighted by Crippen LogP contribution is 2.26. The number of nitrogens with one attached hydrogen (secondary N) is 2. The number of aromatic nitrogens is 3. The molecule has 3 aromatic heterocycles. The predicted molar refractivity (Wildman–Crippen MR) is 133 cm³/mol. The van der Waals surface area contributed by atoms with E-state index >= 15 is 0 Å². The molecule has 34 heavy (non-hydrogen) atoms. The van der Waals surface area contributed by atoms with Crippen molar-refractivity contribution in [3.05, 3.63) is 70.8 Å². The molecule has 7 nitrogen and oxygen atoms in total. The summed E-state index contributed by atoms with van der Waals surface area (Å²) in [5, 5.41) is 2.86. The second-order valence-corrected chi connectivity index (χ2v) is 8.23. The van der Waals surface area contributed by atoms with Crippen molar-refractivity contribution in [2.75, 3.05) is 16.3 Å². The smallest absolute Gasteiger partial charge is 0.231 e. The number of hydrogen-bond acceptors (Lipinski definition) is 6. The van der Waals surface area contributed by atoms with Gasteiger partial charge in [0.1, 0.15) is 0 Å². The van der Waals surface area contributed by atoms with E-state index in [9.17, 15) is 17.2 Å². The van der Waals surface area contributed by atoms with E-state index in [1.165, 1.54) is 30.7 Å². The van der Waals surface area contributed by atoms with Gasteiger partial charge in [0.15, 0.2) is 23.3 Å². The van der Waals surface area contributed by atoms with E-state index in [0.717, 1.165) is 6.26 Å². The molecule has 0 saturated heterocycles. The van der Waals surface area contributed by atoms with Crippen molar-refractivity contribution in [2.45, 2.75) is 41.0 Å². The van der Waals surface area contributed by atoms with Crippen molar-refractivity contribution in [1.82, 2.24) is 15.0 Å². The molecule has 0 bridgehead atoms. The van der Waals surface area contributed by atoms with Crippen LogP contribution in [0, 0.1) is 30.9 Å². The van der Waals surface area contributed by atoms with Gasteiger partial charge in [0.05, 0.1) is 18.1 Å². The number of terminal acetylenes is 1. The molecule has 0 atom stereocenters. The molecular formula is C24H29F2N5O2S. The lowest BCUT2D eigenvalue weighted by atomic mass is 10.0. The largest absolute Gasteiger partial charge is 0.336 e. The summed E-state index contributed by atoms with van der Waals surface area (Å²) in [6.45, 7) is 9.77. The van der Waals surface area contributed by atoms with Gasteiger partial charge >= 0.3 is 0 Å². The number of hydrogen-bond donors (Lipinski definition) is 2. The Morgan fingerprint density at radius 1 is 1.03 bits per heavy atom. The van der Waals surface area contributed by atoms with Crippen LogP contribution in [-0.4, -0.2) is 29.6 Å². The lowest BCUT2D eigenvalue weighted by molar-refractivity contribution is 0.599. The van der Waals surface area contributed by atoms with Crippen LogP contribution in [0.1, 0.15) is 49.9 Å². The minimum absolute atomic E-state index is 0.0224. The fraction of sp³-hybridized carbons (Fsp3) is 0.292. The minimum Gasteiger partial charge on any atom is -0.336 e. The van der Waals surface area contributed by atoms with Crippen LogP contribution in [0.15, 0.2) is 36.9 Å². The Morgan fingerprint density at radius 2 is 1.71 bits per heavy atom. The first-order valence-corrected chi connectivity index (χ1v) is 12.5. The number of sulfonamides is 1. The molecule has 3 aromatic rings. The van der Waals surface area contributed by atoms with Crippen LogP contribution < -0.4 is 10.0 Å². The Morgan fingerprint density at radius 3 is 2.29 bits per heavy atom. The van der Waals surface area contributed by atoms with Crippen molar-refractivity contribution in [3.63, 3.8) is 0 Å². The maximum atomic E-state index is 14.7. The van der Waals surface area contributed by atoms with E-state index in [2.05, 4.69) is 26.2 Å². The molecule has 3 rings (SSSR count). The highest BCUT2D eigenvalue weighted by molar-refractivity contribution is 7.92. The number of nitrogens with zero attached hydrogens (tertiary/aromatic N) is 3. The van der Waals surface area contributed by atoms with E-state index in [0.29, 0.717) is 22.4 Å². The number of anilines is 3. The van der Waals surface area contributed by atoms with E-state index < -0.39 is 21.7 Å². The molecule has 3 heterocycles. The number of rotatable bonds is 6. The summed E-state index contributed by atoms with van der Waals surface area (Å²) in [7, 11) is -3.68. The Kier molecular flexibility index (Phi) is 11.1. The average Bonchev–Trinajstić information content (AvgIpc) is 2.82. The molecule has 2 N–H and O–H groups in total. The number of halogens is 2. The molecule has 0 radical (unpaired) electrons. The first kappa shape index (κ1) is 28.5. The van der Waals surface area contributed by atoms with Crippen LogP contribution in [0.4, 0.5) is 26.1 Å². The van der Waals surface area contributed by atoms with Gasteiger partial charge in [-0.2, -0.15) is 0 Å². The van der Waals surface area contributed by atoms with Crippen molar-refractivity contribution in [3.8, 4) is 12.3 Å². The Bertz CT molecular complexity index is 1260. The van der Waals surface area contributed by atoms with Gasteiger partial charge in [0.25, 0.3) is 0 Å². The monoisotopic (exact) mass is 489 g/mol. The summed E-state index contributed by atoms with van der Waals surface area (Å²) in [5.74, 6) is 0.504. The van der Waals surface area contributed by atoms with Gasteiger partial charge in [-0.3, -0.25) is 9.71 Å². The summed E-state index contributed by atoms with van der Waals surface area (Å²) >= 11 is 0. The minimum atomic E-state index is -3.68. The average molecular weight is 490 g/mol. The molecular weight excluding hydrogens is 460 g/mol. The third-order valence-electron chi connectivity index (χ3n) is 4.21. The molecule has 0 aliphatic carbocycles. The van der Waals surface area contributed by atoms with Gasteiger partial charge in [0, 0.05) is 30.6 Å². The normalized spacial score (nSPS) is 10.1. The van der Waals surface area contributed by atoms with E-state index in [4.69, 9.17) is 6.42 Å². The van der Waals surface area contributed by atoms with Gasteiger partial charge in [-0.05, 0) is 35.7 Å². The van der Waals surface area contributed by atoms with Crippen LogP contribution >= 0.6 is 0 Å². The predicted octanol–water partition coefficient (Wildman–Crippen LogP) is 5.20. The molecule has 0 saturated carbocycles. The van der Waals surface area contributed by atoms with Crippen LogP contribution in [0.5, 0.6) is 0 Å². The molecule has 0 spiro atoms. The quantitative estimate of drug-likeness (QED) is 0.462. The zero-order valence-corrected chi connectivity index (χ0v) is 20.9. The van der Waals surface area contributed by atoms with Crippen LogP contribution in [-0.2, 0) is 16.4 Å². The van der Waals surface area contributed by atoms with E-state index in [1.807, 2.05) is 32.4 Å². The lowest BCUT2D eigenvalue weighted by Gasteiger charge is -2.14. The molecule has 0 fully saturated rings. The Labute approximate surface area is 200 Å². The third kappa shape index (κ3) is 7.78. The zero-order valence-electron chi connectivity index (χ0n) is 20.1. The molecule has 0 amide bonds. The Balaban J connectivity index is 0.00000137. The Hall–Kier alpha value is -3.58. The maximum Gasteiger partial charge on any atom is 0.231 e. The topological polar surface area (TPSA) is 96.9 Å². The van der Waals surface area contributed by atoms with Crippen molar-refractivity contribution in [2.24, 2.45) is 0 Å². The summed E-state index contributed by atoms with van der Waals surface area (Å²) in [4.78, 5) is 11.8. The summed E-state index contributed by atoms with van der Waals surface area (Å²) in [6.07, 6.45) is 12.0. The molecule has 0 unspecified atom stereocenters. The third-order valence-corrected chi connectivity index (χ3v) is 4.78. The van der Waals surface area contributed by atoms with Gasteiger partial charge in [-0.15, -0.1) is 6.42 Å². The van der Waals surface area contributed by atoms with Crippen molar-refractivity contribution >= 4 is 27.3 Å². The van der Waals surface area contributed by atoms with Crippen LogP contribution in [0.25, 0.3) is 0 Å². The summed E-state index contributed by atoms with van der Waals surface area (Å²) in [5.41, 5.74) is 2.36. The van der Waals surface area contributed by atoms with Gasteiger partial charge in [0.2, 0.25) is 10.0 Å². The van der Waals surface area contributed by atoms with Crippen LogP contribution in [0.3, 0.4) is 0 Å². The van der Waals surface area contributed by atoms with Crippen LogP contribution in [0.2, 0.25) is 0 Å². The zero-order chi connectivity index (χ0) is 25.9. The summed E-state index contributed by atoms with van der Waals surface area (Å²) < 4.78 is 53.7. The second-order valence-electron chi connectivity index (χ2n) is 6.48. The first-order chi connectivity index (χ1) is 16.2. The standard InChI is InChI=1S/C20H17F2N5O2S.2C2H6/c1-4-13-7-16(21)19(25-9-13)26-17-11-23-10-15(12(17)2)8-14-5-6-24-20(18(14)22)27-30(3,28)29;2*1-2/h1,5-7,9-11H,8H2,2-3H3,(H,24,27)(H,25,26);2*1-2H3. The maximum absolute atomic E-state index is 14.7. The first-order valence-electron chi connectivity index (χ1n) is 10.6. The SMILES string of the molecule is C#Cc1cnc(Nc2cncc(Cc3ccnc(NS(C)(=O)=O)c3F)c2C)c(F)c1.CC.CC. The second kappa shape index (κ2) is 13.2. The number of pyridine rings is 3. The highest BCUT2D eigenvalue weighted by atomic mass is 32.2. The molecule has 182 valence electrons. The fourth-order valence-corrected chi connectivity index (χ4v) is 3.17.